The van der Waals surface area contributed by atoms with E-state index in [1.54, 1.807) is 54.6 Å². The van der Waals surface area contributed by atoms with Crippen molar-refractivity contribution < 1.29 is 4.79 Å². The third-order valence-electron chi connectivity index (χ3n) is 3.49. The van der Waals surface area contributed by atoms with Crippen LogP contribution in [0, 0.1) is 11.3 Å². The Kier molecular flexibility index (Phi) is 5.37. The summed E-state index contributed by atoms with van der Waals surface area (Å²) < 4.78 is 0. The summed E-state index contributed by atoms with van der Waals surface area (Å²) in [6, 6.07) is 17.3. The van der Waals surface area contributed by atoms with Crippen molar-refractivity contribution in [1.82, 2.24) is 4.98 Å². The minimum atomic E-state index is -0.305. The fourth-order valence-corrected chi connectivity index (χ4v) is 2.45. The van der Waals surface area contributed by atoms with Crippen LogP contribution in [0.2, 0.25) is 10.0 Å². The Morgan fingerprint density at radius 2 is 1.69 bits per heavy atom. The molecule has 0 bridgehead atoms. The van der Waals surface area contributed by atoms with E-state index < -0.39 is 0 Å². The molecule has 0 fully saturated rings. The van der Waals surface area contributed by atoms with E-state index in [0.29, 0.717) is 32.7 Å². The van der Waals surface area contributed by atoms with Crippen LogP contribution < -0.4 is 10.6 Å². The lowest BCUT2D eigenvalue weighted by molar-refractivity contribution is 0.102. The molecule has 1 amide bonds. The molecular weight excluding hydrogens is 371 g/mol. The van der Waals surface area contributed by atoms with Crippen LogP contribution in [0.4, 0.5) is 17.2 Å². The van der Waals surface area contributed by atoms with Gasteiger partial charge in [-0.05, 0) is 54.6 Å². The van der Waals surface area contributed by atoms with E-state index in [2.05, 4.69) is 21.7 Å². The van der Waals surface area contributed by atoms with Crippen LogP contribution in [-0.2, 0) is 0 Å². The summed E-state index contributed by atoms with van der Waals surface area (Å²) >= 11 is 11.8. The molecule has 1 aromatic heterocycles. The smallest absolute Gasteiger partial charge is 0.257 e. The Morgan fingerprint density at radius 1 is 0.962 bits per heavy atom. The van der Waals surface area contributed by atoms with Gasteiger partial charge in [0.2, 0.25) is 0 Å². The van der Waals surface area contributed by atoms with Crippen molar-refractivity contribution in [2.75, 3.05) is 10.6 Å². The molecule has 26 heavy (non-hydrogen) atoms. The van der Waals surface area contributed by atoms with Crippen molar-refractivity contribution in [3.8, 4) is 6.07 Å². The average Bonchev–Trinajstić information content (AvgIpc) is 2.66. The Balaban J connectivity index is 1.67. The van der Waals surface area contributed by atoms with Crippen LogP contribution in [0.15, 0.2) is 60.8 Å². The van der Waals surface area contributed by atoms with Crippen LogP contribution in [-0.4, -0.2) is 10.9 Å². The quantitative estimate of drug-likeness (QED) is 0.645. The first kappa shape index (κ1) is 17.7. The number of pyridine rings is 1. The highest BCUT2D eigenvalue weighted by Gasteiger charge is 2.08. The average molecular weight is 383 g/mol. The summed E-state index contributed by atoms with van der Waals surface area (Å²) in [6.45, 7) is 0. The molecule has 2 aromatic carbocycles. The van der Waals surface area contributed by atoms with Gasteiger partial charge in [-0.3, -0.25) is 4.79 Å². The second-order valence-corrected chi connectivity index (χ2v) is 6.14. The van der Waals surface area contributed by atoms with E-state index in [4.69, 9.17) is 28.5 Å². The normalized spacial score (nSPS) is 10.0. The van der Waals surface area contributed by atoms with Gasteiger partial charge in [-0.15, -0.1) is 0 Å². The zero-order chi connectivity index (χ0) is 18.5. The van der Waals surface area contributed by atoms with Crippen molar-refractivity contribution >= 4 is 46.3 Å². The molecule has 0 unspecified atom stereocenters. The molecule has 1 heterocycles. The molecule has 5 nitrogen and oxygen atoms in total. The van der Waals surface area contributed by atoms with Crippen molar-refractivity contribution in [3.63, 3.8) is 0 Å². The Hall–Kier alpha value is -3.07. The molecule has 0 aliphatic rings. The summed E-state index contributed by atoms with van der Waals surface area (Å²) in [5, 5.41) is 15.4. The number of anilines is 3. The molecule has 0 saturated carbocycles. The first-order chi connectivity index (χ1) is 12.5. The molecule has 2 N–H and O–H groups in total. The minimum Gasteiger partial charge on any atom is -0.340 e. The number of carbonyl (C=O) groups excluding carboxylic acids is 1. The molecule has 128 valence electrons. The summed E-state index contributed by atoms with van der Waals surface area (Å²) in [4.78, 5) is 16.5. The number of nitriles is 1. The van der Waals surface area contributed by atoms with Gasteiger partial charge in [-0.1, -0.05) is 23.2 Å². The zero-order valence-electron chi connectivity index (χ0n) is 13.3. The van der Waals surface area contributed by atoms with Crippen LogP contribution in [0.3, 0.4) is 0 Å². The number of benzene rings is 2. The van der Waals surface area contributed by atoms with E-state index >= 15 is 0 Å². The van der Waals surface area contributed by atoms with E-state index in [-0.39, 0.29) is 5.91 Å². The lowest BCUT2D eigenvalue weighted by atomic mass is 10.2. The molecular formula is C19H12Cl2N4O. The maximum absolute atomic E-state index is 12.3. The van der Waals surface area contributed by atoms with E-state index in [0.717, 1.165) is 5.69 Å². The number of amides is 1. The van der Waals surface area contributed by atoms with Gasteiger partial charge in [0.1, 0.15) is 5.82 Å². The standard InChI is InChI=1S/C19H12Cl2N4O/c20-16-7-6-15(9-17(16)21)25-19(26)13-3-8-18(23-11-13)24-14-4-1-12(10-22)2-5-14/h1-9,11H,(H,23,24)(H,25,26). The van der Waals surface area contributed by atoms with Crippen molar-refractivity contribution in [1.29, 1.82) is 5.26 Å². The maximum atomic E-state index is 12.3. The van der Waals surface area contributed by atoms with Crippen LogP contribution >= 0.6 is 23.2 Å². The van der Waals surface area contributed by atoms with Crippen molar-refractivity contribution in [2.24, 2.45) is 0 Å². The fourth-order valence-electron chi connectivity index (χ4n) is 2.16. The Bertz CT molecular complexity index is 980. The molecule has 0 radical (unpaired) electrons. The van der Waals surface area contributed by atoms with Gasteiger partial charge in [0.15, 0.2) is 0 Å². The van der Waals surface area contributed by atoms with Gasteiger partial charge < -0.3 is 10.6 Å². The van der Waals surface area contributed by atoms with Gasteiger partial charge >= 0.3 is 0 Å². The van der Waals surface area contributed by atoms with Crippen molar-refractivity contribution in [2.45, 2.75) is 0 Å². The predicted octanol–water partition coefficient (Wildman–Crippen LogP) is 5.26. The SMILES string of the molecule is N#Cc1ccc(Nc2ccc(C(=O)Nc3ccc(Cl)c(Cl)c3)cn2)cc1. The molecule has 0 saturated heterocycles. The summed E-state index contributed by atoms with van der Waals surface area (Å²) in [5.41, 5.74) is 2.33. The number of nitrogens with one attached hydrogen (secondary N) is 2. The highest BCUT2D eigenvalue weighted by atomic mass is 35.5. The molecule has 0 aliphatic heterocycles. The highest BCUT2D eigenvalue weighted by Crippen LogP contribution is 2.25. The van der Waals surface area contributed by atoms with E-state index in [1.165, 1.54) is 6.20 Å². The fraction of sp³-hybridized carbons (Fsp3) is 0. The first-order valence-corrected chi connectivity index (χ1v) is 8.30. The van der Waals surface area contributed by atoms with Gasteiger partial charge in [0, 0.05) is 17.6 Å². The van der Waals surface area contributed by atoms with Gasteiger partial charge in [-0.25, -0.2) is 4.98 Å². The Morgan fingerprint density at radius 3 is 2.31 bits per heavy atom. The molecule has 7 heteroatoms. The first-order valence-electron chi connectivity index (χ1n) is 7.55. The number of halogens is 2. The summed E-state index contributed by atoms with van der Waals surface area (Å²) in [5.74, 6) is 0.279. The molecule has 3 aromatic rings. The number of nitrogens with zero attached hydrogens (tertiary/aromatic N) is 2. The zero-order valence-corrected chi connectivity index (χ0v) is 14.8. The monoisotopic (exact) mass is 382 g/mol. The number of hydrogen-bond acceptors (Lipinski definition) is 4. The largest absolute Gasteiger partial charge is 0.340 e. The van der Waals surface area contributed by atoms with Crippen LogP contribution in [0.1, 0.15) is 15.9 Å². The number of carbonyl (C=O) groups is 1. The molecule has 3 rings (SSSR count). The highest BCUT2D eigenvalue weighted by molar-refractivity contribution is 6.42. The van der Waals surface area contributed by atoms with Crippen molar-refractivity contribution in [3.05, 3.63) is 82.0 Å². The predicted molar refractivity (Wildman–Crippen MR) is 103 cm³/mol. The second-order valence-electron chi connectivity index (χ2n) is 5.33. The Labute approximate surface area is 160 Å². The van der Waals surface area contributed by atoms with Crippen LogP contribution in [0.5, 0.6) is 0 Å². The second kappa shape index (κ2) is 7.87. The van der Waals surface area contributed by atoms with E-state index in [9.17, 15) is 4.79 Å². The third kappa shape index (κ3) is 4.31. The molecule has 0 aliphatic carbocycles. The lowest BCUT2D eigenvalue weighted by Crippen LogP contribution is -2.12. The van der Waals surface area contributed by atoms with Gasteiger partial charge in [0.05, 0.1) is 27.2 Å². The van der Waals surface area contributed by atoms with Gasteiger partial charge in [0.25, 0.3) is 5.91 Å². The topological polar surface area (TPSA) is 77.8 Å². The van der Waals surface area contributed by atoms with E-state index in [1.807, 2.05) is 0 Å². The van der Waals surface area contributed by atoms with Crippen LogP contribution in [0.25, 0.3) is 0 Å². The molecule has 0 spiro atoms. The number of hydrogen-bond donors (Lipinski definition) is 2. The molecule has 0 atom stereocenters. The lowest BCUT2D eigenvalue weighted by Gasteiger charge is -2.08. The minimum absolute atomic E-state index is 0.305. The maximum Gasteiger partial charge on any atom is 0.257 e. The summed E-state index contributed by atoms with van der Waals surface area (Å²) in [6.07, 6.45) is 1.47. The third-order valence-corrected chi connectivity index (χ3v) is 4.23. The number of rotatable bonds is 4. The number of aromatic nitrogens is 1. The summed E-state index contributed by atoms with van der Waals surface area (Å²) in [7, 11) is 0. The van der Waals surface area contributed by atoms with Gasteiger partial charge in [-0.2, -0.15) is 5.26 Å².